The molecule has 3 heteroatoms. The van der Waals surface area contributed by atoms with Crippen molar-refractivity contribution in [2.24, 2.45) is 0 Å². The molecule has 3 aromatic heterocycles. The Morgan fingerprint density at radius 3 is 1.82 bits per heavy atom. The number of hydrogen-bond acceptors (Lipinski definition) is 2. The van der Waals surface area contributed by atoms with Gasteiger partial charge in [-0.05, 0) is 105 Å². The molecule has 0 saturated carbocycles. The van der Waals surface area contributed by atoms with Crippen LogP contribution in [0.1, 0.15) is 25.0 Å². The maximum absolute atomic E-state index is 2.47. The third-order valence-electron chi connectivity index (χ3n) is 13.4. The molecule has 3 heterocycles. The van der Waals surface area contributed by atoms with Crippen molar-refractivity contribution in [3.05, 3.63) is 205 Å². The highest BCUT2D eigenvalue weighted by Crippen LogP contribution is 2.51. The first-order valence-electron chi connectivity index (χ1n) is 20.8. The summed E-state index contributed by atoms with van der Waals surface area (Å²) < 4.78 is 5.12. The zero-order valence-corrected chi connectivity index (χ0v) is 34.1. The molecule has 0 aliphatic heterocycles. The van der Waals surface area contributed by atoms with Gasteiger partial charge in [-0.3, -0.25) is 0 Å². The number of thiophene rings is 1. The van der Waals surface area contributed by atoms with E-state index in [1.807, 2.05) is 11.3 Å². The van der Waals surface area contributed by atoms with E-state index in [1.54, 1.807) is 0 Å². The Balaban J connectivity index is 0.995. The van der Waals surface area contributed by atoms with Crippen molar-refractivity contribution in [1.29, 1.82) is 0 Å². The number of fused-ring (bicyclic) bond motifs is 12. The summed E-state index contributed by atoms with van der Waals surface area (Å²) in [4.78, 5) is 2.47. The van der Waals surface area contributed by atoms with Crippen molar-refractivity contribution in [2.75, 3.05) is 4.90 Å². The van der Waals surface area contributed by atoms with Gasteiger partial charge in [0.2, 0.25) is 0 Å². The molecule has 1 aliphatic rings. The molecule has 1 aliphatic carbocycles. The molecule has 60 heavy (non-hydrogen) atoms. The average molecular weight is 783 g/mol. The molecule has 0 N–H and O–H groups in total. The monoisotopic (exact) mass is 782 g/mol. The van der Waals surface area contributed by atoms with Gasteiger partial charge >= 0.3 is 0 Å². The fourth-order valence-electron chi connectivity index (χ4n) is 10.6. The van der Waals surface area contributed by atoms with Crippen LogP contribution in [0, 0.1) is 0 Å². The Morgan fingerprint density at radius 1 is 0.417 bits per heavy atom. The lowest BCUT2D eigenvalue weighted by atomic mass is 9.82. The highest BCUT2D eigenvalue weighted by molar-refractivity contribution is 7.25. The van der Waals surface area contributed by atoms with Crippen LogP contribution in [-0.4, -0.2) is 4.40 Å². The van der Waals surface area contributed by atoms with E-state index in [0.29, 0.717) is 0 Å². The van der Waals surface area contributed by atoms with Crippen LogP contribution in [0.4, 0.5) is 17.1 Å². The first kappa shape index (κ1) is 33.7. The van der Waals surface area contributed by atoms with E-state index >= 15 is 0 Å². The van der Waals surface area contributed by atoms with Crippen molar-refractivity contribution in [3.63, 3.8) is 0 Å². The molecule has 0 amide bonds. The van der Waals surface area contributed by atoms with E-state index in [9.17, 15) is 0 Å². The minimum atomic E-state index is -0.0127. The zero-order valence-electron chi connectivity index (χ0n) is 33.3. The molecule has 0 atom stereocenters. The topological polar surface area (TPSA) is 7.65 Å². The Morgan fingerprint density at radius 2 is 1.02 bits per heavy atom. The van der Waals surface area contributed by atoms with Gasteiger partial charge < -0.3 is 9.30 Å². The molecular formula is C57H38N2S. The molecule has 12 aromatic rings. The van der Waals surface area contributed by atoms with Gasteiger partial charge in [0.1, 0.15) is 0 Å². The number of nitrogens with zero attached hydrogens (tertiary/aromatic N) is 2. The van der Waals surface area contributed by atoms with E-state index < -0.39 is 0 Å². The minimum Gasteiger partial charge on any atom is -0.310 e. The lowest BCUT2D eigenvalue weighted by Crippen LogP contribution is -2.14. The van der Waals surface area contributed by atoms with Crippen molar-refractivity contribution < 1.29 is 0 Å². The lowest BCUT2D eigenvalue weighted by molar-refractivity contribution is 0.660. The summed E-state index contributed by atoms with van der Waals surface area (Å²) in [7, 11) is 0. The number of anilines is 3. The van der Waals surface area contributed by atoms with Crippen LogP contribution in [0.3, 0.4) is 0 Å². The molecule has 13 rings (SSSR count). The fraction of sp³-hybridized carbons (Fsp3) is 0.0526. The van der Waals surface area contributed by atoms with Crippen LogP contribution in [0.2, 0.25) is 0 Å². The van der Waals surface area contributed by atoms with Crippen molar-refractivity contribution in [2.45, 2.75) is 19.3 Å². The van der Waals surface area contributed by atoms with Crippen LogP contribution < -0.4 is 4.90 Å². The van der Waals surface area contributed by atoms with Gasteiger partial charge in [-0.2, -0.15) is 0 Å². The van der Waals surface area contributed by atoms with E-state index in [2.05, 4.69) is 217 Å². The Hall–Kier alpha value is -7.20. The predicted octanol–water partition coefficient (Wildman–Crippen LogP) is 16.3. The molecule has 0 radical (unpaired) electrons. The number of benzene rings is 9. The molecular weight excluding hydrogens is 745 g/mol. The molecule has 0 saturated heterocycles. The molecule has 282 valence electrons. The van der Waals surface area contributed by atoms with Crippen molar-refractivity contribution in [1.82, 2.24) is 4.40 Å². The summed E-state index contributed by atoms with van der Waals surface area (Å²) in [6.07, 6.45) is 0. The Labute approximate surface area is 352 Å². The van der Waals surface area contributed by atoms with Gasteiger partial charge in [-0.25, -0.2) is 0 Å². The minimum absolute atomic E-state index is 0.0127. The SMILES string of the molecule is CC1(C)c2ccccc2-c2cc(-c3ccc(N(c4ccc(-c5cccc6sc7ccccc7c56)cc4)c4ccc5c6ccccc6n6c7ccccc7c4c56)cc3)ccc21. The van der Waals surface area contributed by atoms with Crippen LogP contribution in [0.15, 0.2) is 194 Å². The summed E-state index contributed by atoms with van der Waals surface area (Å²) in [5.74, 6) is 0. The van der Waals surface area contributed by atoms with Crippen LogP contribution in [0.5, 0.6) is 0 Å². The Bertz CT molecular complexity index is 3680. The van der Waals surface area contributed by atoms with E-state index in [0.717, 1.165) is 11.4 Å². The first-order chi connectivity index (χ1) is 29.5. The van der Waals surface area contributed by atoms with Gasteiger partial charge in [0, 0.05) is 58.5 Å². The lowest BCUT2D eigenvalue weighted by Gasteiger charge is -2.27. The third-order valence-corrected chi connectivity index (χ3v) is 14.5. The van der Waals surface area contributed by atoms with Crippen molar-refractivity contribution >= 4 is 86.7 Å². The van der Waals surface area contributed by atoms with Gasteiger partial charge in [-0.15, -0.1) is 11.3 Å². The van der Waals surface area contributed by atoms with Gasteiger partial charge in [0.15, 0.2) is 0 Å². The summed E-state index contributed by atoms with van der Waals surface area (Å²) >= 11 is 1.87. The van der Waals surface area contributed by atoms with Gasteiger partial charge in [0.05, 0.1) is 22.2 Å². The number of hydrogen-bond donors (Lipinski definition) is 0. The van der Waals surface area contributed by atoms with Gasteiger partial charge in [0.25, 0.3) is 0 Å². The normalized spacial score (nSPS) is 13.3. The van der Waals surface area contributed by atoms with Gasteiger partial charge in [-0.1, -0.05) is 147 Å². The number of rotatable bonds is 5. The quantitative estimate of drug-likeness (QED) is 0.169. The maximum Gasteiger partial charge on any atom is 0.0641 e. The zero-order chi connectivity index (χ0) is 39.7. The van der Waals surface area contributed by atoms with Crippen LogP contribution in [-0.2, 0) is 5.41 Å². The summed E-state index contributed by atoms with van der Waals surface area (Å²) in [6, 6.07) is 72.3. The standard InChI is InChI=1S/C57H38N2S/c1-57(2)47-17-7-3-12-41(47)46-34-37(26-32-48(46)57)35-22-27-38(28-23-35)58(39-29-24-36(25-30-39)40-16-11-21-53-54(40)45-15-6-10-20-52(45)60-53)51-33-31-43-42-13-4-8-18-49(42)59-50-19-9-5-14-44(50)55(51)56(43)59/h3-34H,1-2H3. The first-order valence-corrected chi connectivity index (χ1v) is 21.7. The summed E-state index contributed by atoms with van der Waals surface area (Å²) in [5.41, 5.74) is 17.6. The second kappa shape index (κ2) is 12.4. The van der Waals surface area contributed by atoms with Crippen LogP contribution in [0.25, 0.3) is 91.6 Å². The third kappa shape index (κ3) is 4.64. The maximum atomic E-state index is 2.47. The van der Waals surface area contributed by atoms with Crippen molar-refractivity contribution in [3.8, 4) is 33.4 Å². The highest BCUT2D eigenvalue weighted by atomic mass is 32.1. The molecule has 0 unspecified atom stereocenters. The largest absolute Gasteiger partial charge is 0.310 e. The molecule has 9 aromatic carbocycles. The fourth-order valence-corrected chi connectivity index (χ4v) is 11.7. The average Bonchev–Trinajstić information content (AvgIpc) is 4.02. The summed E-state index contributed by atoms with van der Waals surface area (Å²) in [5, 5.41) is 7.74. The second-order valence-electron chi connectivity index (χ2n) is 16.9. The summed E-state index contributed by atoms with van der Waals surface area (Å²) in [6.45, 7) is 4.69. The molecule has 0 bridgehead atoms. The molecule has 0 spiro atoms. The predicted molar refractivity (Wildman–Crippen MR) is 257 cm³/mol. The van der Waals surface area contributed by atoms with E-state index in [-0.39, 0.29) is 5.41 Å². The molecule has 0 fully saturated rings. The van der Waals surface area contributed by atoms with Crippen LogP contribution >= 0.6 is 11.3 Å². The molecule has 2 nitrogen and oxygen atoms in total. The second-order valence-corrected chi connectivity index (χ2v) is 17.9. The number of para-hydroxylation sites is 2. The smallest absolute Gasteiger partial charge is 0.0641 e. The van der Waals surface area contributed by atoms with E-state index in [1.165, 1.54) is 108 Å². The van der Waals surface area contributed by atoms with E-state index in [4.69, 9.17) is 0 Å². The Kier molecular flexibility index (Phi) is 6.98. The highest BCUT2D eigenvalue weighted by Gasteiger charge is 2.35. The number of aromatic nitrogens is 1.